The molecule has 3 aromatic carbocycles. The third kappa shape index (κ3) is 5.92. The van der Waals surface area contributed by atoms with E-state index in [0.717, 1.165) is 12.1 Å². The van der Waals surface area contributed by atoms with E-state index in [1.54, 1.807) is 17.5 Å². The van der Waals surface area contributed by atoms with Crippen molar-refractivity contribution in [1.29, 1.82) is 0 Å². The molecule has 0 saturated heterocycles. The Kier molecular flexibility index (Phi) is 6.98. The number of halogens is 5. The maximum Gasteiger partial charge on any atom is 0.416 e. The zero-order valence-electron chi connectivity index (χ0n) is 18.7. The summed E-state index contributed by atoms with van der Waals surface area (Å²) in [5.74, 6) is -0.800. The lowest BCUT2D eigenvalue weighted by atomic mass is 10.0. The van der Waals surface area contributed by atoms with Crippen molar-refractivity contribution in [1.82, 2.24) is 0 Å². The molecule has 0 amide bonds. The standard InChI is InChI=1S/C26H20F5N3S/c1-15(2)21-12-19(6-8-23(21)27)33-34-20-7-9-24(28)22(13-20)16-10-25(35-14-16)32-18-5-3-4-17(11-18)26(29,30)31/h3-15,32H,1-2H3. The third-order valence-corrected chi connectivity index (χ3v) is 6.05. The molecule has 1 heterocycles. The molecule has 0 saturated carbocycles. The highest BCUT2D eigenvalue weighted by molar-refractivity contribution is 7.14. The number of benzene rings is 3. The molecule has 4 aromatic rings. The molecule has 0 atom stereocenters. The van der Waals surface area contributed by atoms with Gasteiger partial charge in [-0.2, -0.15) is 23.4 Å². The number of rotatable bonds is 6. The monoisotopic (exact) mass is 501 g/mol. The van der Waals surface area contributed by atoms with Gasteiger partial charge in [0.1, 0.15) is 11.6 Å². The van der Waals surface area contributed by atoms with Crippen molar-refractivity contribution in [2.45, 2.75) is 25.9 Å². The molecule has 0 radical (unpaired) electrons. The summed E-state index contributed by atoms with van der Waals surface area (Å²) in [6, 6.07) is 15.3. The van der Waals surface area contributed by atoms with Gasteiger partial charge in [-0.05, 0) is 77.7 Å². The first-order chi connectivity index (χ1) is 16.6. The van der Waals surface area contributed by atoms with Crippen LogP contribution in [0.25, 0.3) is 11.1 Å². The summed E-state index contributed by atoms with van der Waals surface area (Å²) in [5.41, 5.74) is 1.74. The molecule has 180 valence electrons. The molecular formula is C26H20F5N3S. The highest BCUT2D eigenvalue weighted by Gasteiger charge is 2.30. The number of thiophene rings is 1. The lowest BCUT2D eigenvalue weighted by molar-refractivity contribution is -0.137. The van der Waals surface area contributed by atoms with Crippen LogP contribution in [0.15, 0.2) is 82.3 Å². The predicted octanol–water partition coefficient (Wildman–Crippen LogP) is 9.99. The van der Waals surface area contributed by atoms with Gasteiger partial charge in [0, 0.05) is 16.6 Å². The van der Waals surface area contributed by atoms with E-state index in [-0.39, 0.29) is 23.0 Å². The Morgan fingerprint density at radius 1 is 0.829 bits per heavy atom. The van der Waals surface area contributed by atoms with Crippen LogP contribution in [0.2, 0.25) is 0 Å². The SMILES string of the molecule is CC(C)c1cc(N=Nc2ccc(F)c(-c3csc(Nc4cccc(C(F)(F)F)c4)c3)c2)ccc1F. The minimum atomic E-state index is -4.44. The van der Waals surface area contributed by atoms with Gasteiger partial charge >= 0.3 is 6.18 Å². The zero-order valence-corrected chi connectivity index (χ0v) is 19.5. The average molecular weight is 502 g/mol. The number of nitrogens with zero attached hydrogens (tertiary/aromatic N) is 2. The fourth-order valence-corrected chi connectivity index (χ4v) is 4.23. The first-order valence-corrected chi connectivity index (χ1v) is 11.5. The van der Waals surface area contributed by atoms with Crippen LogP contribution in [-0.2, 0) is 6.18 Å². The molecule has 0 spiro atoms. The number of azo groups is 1. The number of hydrogen-bond acceptors (Lipinski definition) is 4. The van der Waals surface area contributed by atoms with Gasteiger partial charge in [0.15, 0.2) is 0 Å². The van der Waals surface area contributed by atoms with Gasteiger partial charge in [-0.3, -0.25) is 0 Å². The zero-order chi connectivity index (χ0) is 25.2. The minimum Gasteiger partial charge on any atom is -0.347 e. The molecule has 1 N–H and O–H groups in total. The first kappa shape index (κ1) is 24.5. The number of nitrogens with one attached hydrogen (secondary N) is 1. The second-order valence-corrected chi connectivity index (χ2v) is 9.04. The molecule has 0 unspecified atom stereocenters. The molecule has 4 rings (SSSR count). The fourth-order valence-electron chi connectivity index (χ4n) is 3.41. The molecule has 9 heteroatoms. The van der Waals surface area contributed by atoms with E-state index < -0.39 is 17.6 Å². The van der Waals surface area contributed by atoms with Crippen molar-refractivity contribution < 1.29 is 22.0 Å². The topological polar surface area (TPSA) is 36.8 Å². The predicted molar refractivity (Wildman–Crippen MR) is 129 cm³/mol. The number of alkyl halides is 3. The van der Waals surface area contributed by atoms with Crippen molar-refractivity contribution in [3.05, 3.63) is 94.9 Å². The quantitative estimate of drug-likeness (QED) is 0.207. The van der Waals surface area contributed by atoms with E-state index in [1.807, 2.05) is 13.8 Å². The minimum absolute atomic E-state index is 0.0140. The first-order valence-electron chi connectivity index (χ1n) is 10.6. The van der Waals surface area contributed by atoms with E-state index in [1.165, 1.54) is 53.8 Å². The lowest BCUT2D eigenvalue weighted by Gasteiger charge is -2.09. The summed E-state index contributed by atoms with van der Waals surface area (Å²) in [7, 11) is 0. The summed E-state index contributed by atoms with van der Waals surface area (Å²) < 4.78 is 67.4. The van der Waals surface area contributed by atoms with Crippen LogP contribution in [0.5, 0.6) is 0 Å². The molecule has 0 fully saturated rings. The average Bonchev–Trinajstić information content (AvgIpc) is 3.27. The van der Waals surface area contributed by atoms with Gasteiger partial charge in [0.2, 0.25) is 0 Å². The van der Waals surface area contributed by atoms with Crippen LogP contribution < -0.4 is 5.32 Å². The lowest BCUT2D eigenvalue weighted by Crippen LogP contribution is -2.04. The summed E-state index contributed by atoms with van der Waals surface area (Å²) in [6.45, 7) is 3.76. The molecule has 0 bridgehead atoms. The van der Waals surface area contributed by atoms with Crippen LogP contribution >= 0.6 is 11.3 Å². The van der Waals surface area contributed by atoms with Gasteiger partial charge in [-0.1, -0.05) is 19.9 Å². The van der Waals surface area contributed by atoms with Gasteiger partial charge in [-0.25, -0.2) is 8.78 Å². The second kappa shape index (κ2) is 9.95. The van der Waals surface area contributed by atoms with E-state index in [9.17, 15) is 22.0 Å². The maximum atomic E-state index is 14.6. The highest BCUT2D eigenvalue weighted by Crippen LogP contribution is 2.36. The smallest absolute Gasteiger partial charge is 0.347 e. The van der Waals surface area contributed by atoms with Crippen molar-refractivity contribution in [2.24, 2.45) is 10.2 Å². The normalized spacial score (nSPS) is 12.0. The van der Waals surface area contributed by atoms with Gasteiger partial charge in [0.25, 0.3) is 0 Å². The molecular weight excluding hydrogens is 481 g/mol. The van der Waals surface area contributed by atoms with Gasteiger partial charge < -0.3 is 5.32 Å². The molecule has 0 aliphatic carbocycles. The Bertz CT molecular complexity index is 1380. The van der Waals surface area contributed by atoms with Crippen molar-refractivity contribution in [3.8, 4) is 11.1 Å². The van der Waals surface area contributed by atoms with Crippen LogP contribution in [0.4, 0.5) is 44.0 Å². The summed E-state index contributed by atoms with van der Waals surface area (Å²) in [5, 5.41) is 13.5. The van der Waals surface area contributed by atoms with E-state index >= 15 is 0 Å². The Morgan fingerprint density at radius 3 is 2.20 bits per heavy atom. The van der Waals surface area contributed by atoms with E-state index in [0.29, 0.717) is 27.5 Å². The van der Waals surface area contributed by atoms with Gasteiger partial charge in [0.05, 0.1) is 21.9 Å². The van der Waals surface area contributed by atoms with Crippen molar-refractivity contribution in [2.75, 3.05) is 5.32 Å². The number of anilines is 2. The fraction of sp³-hybridized carbons (Fsp3) is 0.154. The molecule has 35 heavy (non-hydrogen) atoms. The Morgan fingerprint density at radius 2 is 1.51 bits per heavy atom. The van der Waals surface area contributed by atoms with Crippen LogP contribution in [0.3, 0.4) is 0 Å². The summed E-state index contributed by atoms with van der Waals surface area (Å²) in [6.07, 6.45) is -4.44. The highest BCUT2D eigenvalue weighted by atomic mass is 32.1. The summed E-state index contributed by atoms with van der Waals surface area (Å²) in [4.78, 5) is 0. The maximum absolute atomic E-state index is 14.6. The molecule has 1 aromatic heterocycles. The number of hydrogen-bond donors (Lipinski definition) is 1. The molecule has 0 aliphatic heterocycles. The van der Waals surface area contributed by atoms with Crippen LogP contribution in [0.1, 0.15) is 30.9 Å². The second-order valence-electron chi connectivity index (χ2n) is 8.13. The molecule has 3 nitrogen and oxygen atoms in total. The van der Waals surface area contributed by atoms with Crippen LogP contribution in [0, 0.1) is 11.6 Å². The van der Waals surface area contributed by atoms with E-state index in [2.05, 4.69) is 15.5 Å². The van der Waals surface area contributed by atoms with Gasteiger partial charge in [-0.15, -0.1) is 11.3 Å². The van der Waals surface area contributed by atoms with Crippen molar-refractivity contribution >= 4 is 33.4 Å². The Hall–Kier alpha value is -3.59. The van der Waals surface area contributed by atoms with Crippen molar-refractivity contribution in [3.63, 3.8) is 0 Å². The largest absolute Gasteiger partial charge is 0.416 e. The van der Waals surface area contributed by atoms with Crippen LogP contribution in [-0.4, -0.2) is 0 Å². The Labute approximate surface area is 203 Å². The third-order valence-electron chi connectivity index (χ3n) is 5.20. The Balaban J connectivity index is 1.55. The van der Waals surface area contributed by atoms with E-state index in [4.69, 9.17) is 0 Å². The summed E-state index contributed by atoms with van der Waals surface area (Å²) >= 11 is 1.23. The molecule has 0 aliphatic rings.